The van der Waals surface area contributed by atoms with Gasteiger partial charge >= 0.3 is 11.9 Å². The van der Waals surface area contributed by atoms with Crippen LogP contribution in [0.1, 0.15) is 72.8 Å². The Morgan fingerprint density at radius 3 is 2.05 bits per heavy atom. The molecule has 6 nitrogen and oxygen atoms in total. The van der Waals surface area contributed by atoms with Crippen LogP contribution in [0, 0.1) is 0 Å². The Hall–Kier alpha value is -1.98. The molecular weight excluding hydrogens is 284 g/mol. The maximum absolute atomic E-state index is 11.9. The standard InChI is InChI=1S/C16H24N2O4/c1-3-4-5-6-7-8-9-12-22-16(20)14-13(15(19)21-2)17-10-11-18-14/h10-11H,3-9,12H2,1-2H3. The average molecular weight is 308 g/mol. The molecule has 1 aromatic rings. The number of ether oxygens (including phenoxy) is 2. The van der Waals surface area contributed by atoms with E-state index in [1.165, 1.54) is 45.2 Å². The third kappa shape index (κ3) is 6.20. The van der Waals surface area contributed by atoms with E-state index in [4.69, 9.17) is 4.74 Å². The lowest BCUT2D eigenvalue weighted by molar-refractivity contribution is 0.0470. The van der Waals surface area contributed by atoms with E-state index in [0.29, 0.717) is 6.61 Å². The molecule has 0 spiro atoms. The molecule has 122 valence electrons. The van der Waals surface area contributed by atoms with Gasteiger partial charge in [-0.3, -0.25) is 0 Å². The number of aromatic nitrogens is 2. The van der Waals surface area contributed by atoms with Crippen molar-refractivity contribution in [3.8, 4) is 0 Å². The smallest absolute Gasteiger partial charge is 0.359 e. The summed E-state index contributed by atoms with van der Waals surface area (Å²) in [4.78, 5) is 31.1. The molecule has 0 aliphatic rings. The molecule has 0 aliphatic heterocycles. The van der Waals surface area contributed by atoms with Gasteiger partial charge in [-0.2, -0.15) is 0 Å². The van der Waals surface area contributed by atoms with E-state index in [9.17, 15) is 9.59 Å². The quantitative estimate of drug-likeness (QED) is 0.488. The highest BCUT2D eigenvalue weighted by Gasteiger charge is 2.21. The van der Waals surface area contributed by atoms with Gasteiger partial charge in [0, 0.05) is 12.4 Å². The van der Waals surface area contributed by atoms with Gasteiger partial charge in [0.25, 0.3) is 0 Å². The molecule has 0 unspecified atom stereocenters. The van der Waals surface area contributed by atoms with Gasteiger partial charge in [-0.15, -0.1) is 0 Å². The van der Waals surface area contributed by atoms with Crippen molar-refractivity contribution >= 4 is 11.9 Å². The summed E-state index contributed by atoms with van der Waals surface area (Å²) < 4.78 is 9.71. The van der Waals surface area contributed by atoms with Crippen LogP contribution in [-0.2, 0) is 9.47 Å². The number of hydrogen-bond donors (Lipinski definition) is 0. The SMILES string of the molecule is CCCCCCCCCOC(=O)c1nccnc1C(=O)OC. The van der Waals surface area contributed by atoms with Gasteiger partial charge in [0.2, 0.25) is 0 Å². The monoisotopic (exact) mass is 308 g/mol. The molecular formula is C16H24N2O4. The molecule has 0 aliphatic carbocycles. The average Bonchev–Trinajstić information content (AvgIpc) is 2.56. The first-order valence-electron chi connectivity index (χ1n) is 7.77. The number of unbranched alkanes of at least 4 members (excludes halogenated alkanes) is 6. The Labute approximate surface area is 131 Å². The molecule has 1 rings (SSSR count). The highest BCUT2D eigenvalue weighted by atomic mass is 16.5. The molecule has 0 N–H and O–H groups in total. The van der Waals surface area contributed by atoms with Crippen LogP contribution in [0.5, 0.6) is 0 Å². The van der Waals surface area contributed by atoms with Gasteiger partial charge in [-0.05, 0) is 6.42 Å². The second-order valence-electron chi connectivity index (χ2n) is 5.00. The van der Waals surface area contributed by atoms with Crippen LogP contribution in [-0.4, -0.2) is 35.6 Å². The fraction of sp³-hybridized carbons (Fsp3) is 0.625. The molecule has 1 heterocycles. The number of nitrogens with zero attached hydrogens (tertiary/aromatic N) is 2. The Balaban J connectivity index is 2.33. The zero-order chi connectivity index (χ0) is 16.2. The van der Waals surface area contributed by atoms with Gasteiger partial charge < -0.3 is 9.47 Å². The van der Waals surface area contributed by atoms with Crippen molar-refractivity contribution in [3.05, 3.63) is 23.8 Å². The van der Waals surface area contributed by atoms with E-state index < -0.39 is 11.9 Å². The molecule has 0 radical (unpaired) electrons. The minimum absolute atomic E-state index is 0.0997. The summed E-state index contributed by atoms with van der Waals surface area (Å²) in [6, 6.07) is 0. The van der Waals surface area contributed by atoms with Crippen molar-refractivity contribution in [1.82, 2.24) is 9.97 Å². The first kappa shape index (κ1) is 18.1. The van der Waals surface area contributed by atoms with Crippen molar-refractivity contribution in [3.63, 3.8) is 0 Å². The van der Waals surface area contributed by atoms with E-state index in [1.807, 2.05) is 0 Å². The van der Waals surface area contributed by atoms with Crippen molar-refractivity contribution < 1.29 is 19.1 Å². The number of carbonyl (C=O) groups excluding carboxylic acids is 2. The molecule has 0 fully saturated rings. The van der Waals surface area contributed by atoms with Gasteiger partial charge in [0.05, 0.1) is 13.7 Å². The molecule has 0 saturated heterocycles. The van der Waals surface area contributed by atoms with E-state index in [1.54, 1.807) is 0 Å². The van der Waals surface area contributed by atoms with Crippen LogP contribution in [0.15, 0.2) is 12.4 Å². The third-order valence-electron chi connectivity index (χ3n) is 3.25. The van der Waals surface area contributed by atoms with Crippen molar-refractivity contribution in [2.24, 2.45) is 0 Å². The third-order valence-corrected chi connectivity index (χ3v) is 3.25. The fourth-order valence-corrected chi connectivity index (χ4v) is 2.03. The van der Waals surface area contributed by atoms with Gasteiger partial charge in [-0.25, -0.2) is 19.6 Å². The predicted octanol–water partition coefficient (Wildman–Crippen LogP) is 3.17. The Morgan fingerprint density at radius 1 is 0.909 bits per heavy atom. The molecule has 6 heteroatoms. The number of esters is 2. The fourth-order valence-electron chi connectivity index (χ4n) is 2.03. The zero-order valence-electron chi connectivity index (χ0n) is 13.3. The molecule has 0 bridgehead atoms. The summed E-state index contributed by atoms with van der Waals surface area (Å²) in [5.41, 5.74) is -0.216. The second kappa shape index (κ2) is 10.7. The minimum atomic E-state index is -0.698. The maximum Gasteiger partial charge on any atom is 0.359 e. The zero-order valence-corrected chi connectivity index (χ0v) is 13.3. The Bertz CT molecular complexity index is 477. The largest absolute Gasteiger partial charge is 0.464 e. The summed E-state index contributed by atoms with van der Waals surface area (Å²) in [7, 11) is 1.23. The van der Waals surface area contributed by atoms with Crippen molar-refractivity contribution in [2.45, 2.75) is 51.9 Å². The van der Waals surface area contributed by atoms with Crippen LogP contribution in [0.4, 0.5) is 0 Å². The summed E-state index contributed by atoms with van der Waals surface area (Å²) in [6.07, 6.45) is 10.7. The van der Waals surface area contributed by atoms with E-state index >= 15 is 0 Å². The highest BCUT2D eigenvalue weighted by molar-refractivity contribution is 6.00. The van der Waals surface area contributed by atoms with E-state index in [2.05, 4.69) is 21.6 Å². The second-order valence-corrected chi connectivity index (χ2v) is 5.00. The van der Waals surface area contributed by atoms with Crippen LogP contribution < -0.4 is 0 Å². The van der Waals surface area contributed by atoms with Crippen molar-refractivity contribution in [1.29, 1.82) is 0 Å². The summed E-state index contributed by atoms with van der Waals surface area (Å²) in [6.45, 7) is 2.51. The molecule has 22 heavy (non-hydrogen) atoms. The normalized spacial score (nSPS) is 10.3. The van der Waals surface area contributed by atoms with E-state index in [0.717, 1.165) is 19.3 Å². The summed E-state index contributed by atoms with van der Waals surface area (Å²) >= 11 is 0. The number of rotatable bonds is 10. The first-order chi connectivity index (χ1) is 10.7. The number of methoxy groups -OCH3 is 1. The van der Waals surface area contributed by atoms with Gasteiger partial charge in [0.15, 0.2) is 11.4 Å². The number of carbonyl (C=O) groups is 2. The van der Waals surface area contributed by atoms with Gasteiger partial charge in [-0.1, -0.05) is 45.4 Å². The Kier molecular flexibility index (Phi) is 8.79. The lowest BCUT2D eigenvalue weighted by Gasteiger charge is -2.06. The van der Waals surface area contributed by atoms with Gasteiger partial charge in [0.1, 0.15) is 0 Å². The Morgan fingerprint density at radius 2 is 1.45 bits per heavy atom. The maximum atomic E-state index is 11.9. The minimum Gasteiger partial charge on any atom is -0.464 e. The van der Waals surface area contributed by atoms with Crippen LogP contribution in [0.2, 0.25) is 0 Å². The predicted molar refractivity (Wildman–Crippen MR) is 81.6 cm³/mol. The molecule has 0 atom stereocenters. The first-order valence-corrected chi connectivity index (χ1v) is 7.77. The lowest BCUT2D eigenvalue weighted by atomic mass is 10.1. The van der Waals surface area contributed by atoms with Crippen LogP contribution in [0.3, 0.4) is 0 Å². The molecule has 1 aromatic heterocycles. The van der Waals surface area contributed by atoms with Crippen LogP contribution in [0.25, 0.3) is 0 Å². The lowest BCUT2D eigenvalue weighted by Crippen LogP contribution is -2.17. The molecule has 0 aromatic carbocycles. The highest BCUT2D eigenvalue weighted by Crippen LogP contribution is 2.09. The van der Waals surface area contributed by atoms with E-state index in [-0.39, 0.29) is 11.4 Å². The summed E-state index contributed by atoms with van der Waals surface area (Å²) in [5, 5.41) is 0. The van der Waals surface area contributed by atoms with Crippen molar-refractivity contribution in [2.75, 3.05) is 13.7 Å². The van der Waals surface area contributed by atoms with Crippen LogP contribution >= 0.6 is 0 Å². The topological polar surface area (TPSA) is 78.4 Å². The number of hydrogen-bond acceptors (Lipinski definition) is 6. The summed E-state index contributed by atoms with van der Waals surface area (Å²) in [5.74, 6) is -1.34. The molecule has 0 saturated carbocycles. The molecule has 0 amide bonds.